The first-order chi connectivity index (χ1) is 26.8. The van der Waals surface area contributed by atoms with Gasteiger partial charge in [-0.1, -0.05) is 45.0 Å². The lowest BCUT2D eigenvalue weighted by molar-refractivity contribution is -0.288. The Bertz CT molecular complexity index is 1760. The van der Waals surface area contributed by atoms with Crippen molar-refractivity contribution in [3.63, 3.8) is 0 Å². The molecule has 3 aliphatic heterocycles. The molecule has 1 amide bonds. The molecule has 0 spiro atoms. The smallest absolute Gasteiger partial charge is 0.410 e. The van der Waals surface area contributed by atoms with Crippen LogP contribution in [0.1, 0.15) is 87.5 Å². The number of nitrogen functional groups attached to an aromatic ring is 1. The Hall–Kier alpha value is -3.96. The van der Waals surface area contributed by atoms with Gasteiger partial charge >= 0.3 is 12.1 Å². The second-order valence-corrected chi connectivity index (χ2v) is 16.7. The van der Waals surface area contributed by atoms with Gasteiger partial charge in [0.25, 0.3) is 0 Å². The number of benzene rings is 1. The van der Waals surface area contributed by atoms with Gasteiger partial charge in [-0.05, 0) is 71.9 Å². The molecular weight excluding hydrogens is 736 g/mol. The van der Waals surface area contributed by atoms with Gasteiger partial charge in [0.05, 0.1) is 30.0 Å². The van der Waals surface area contributed by atoms with Crippen molar-refractivity contribution < 1.29 is 48.0 Å². The van der Waals surface area contributed by atoms with Crippen LogP contribution in [0.25, 0.3) is 11.3 Å². The average Bonchev–Trinajstić information content (AvgIpc) is 3.75. The van der Waals surface area contributed by atoms with Crippen molar-refractivity contribution in [2.75, 3.05) is 19.4 Å². The van der Waals surface area contributed by atoms with Crippen molar-refractivity contribution in [3.8, 4) is 11.3 Å². The molecule has 3 aliphatic rings. The molecule has 16 nitrogen and oxygen atoms in total. The predicted octanol–water partition coefficient (Wildman–Crippen LogP) is 3.91. The van der Waals surface area contributed by atoms with E-state index in [0.29, 0.717) is 37.2 Å². The third-order valence-corrected chi connectivity index (χ3v) is 12.3. The number of ether oxygens (including phenoxy) is 5. The molecule has 3 saturated heterocycles. The fraction of sp³-hybridized carbons (Fsp3) is 0.707. The molecule has 1 aromatic carbocycles. The number of carbonyl (C=O) groups is 4. The van der Waals surface area contributed by atoms with E-state index in [1.54, 1.807) is 57.2 Å². The topological polar surface area (TPSA) is 221 Å². The number of unbranched alkanes of at least 4 members (excludes halogenated alkanes) is 1. The van der Waals surface area contributed by atoms with E-state index in [4.69, 9.17) is 35.2 Å². The van der Waals surface area contributed by atoms with E-state index in [1.165, 1.54) is 14.0 Å². The summed E-state index contributed by atoms with van der Waals surface area (Å²) in [6.45, 7) is 14.5. The number of nitrogens with zero attached hydrogens (tertiary/aromatic N) is 4. The van der Waals surface area contributed by atoms with E-state index < -0.39 is 89.4 Å². The fourth-order valence-electron chi connectivity index (χ4n) is 9.05. The number of aryl methyl sites for hydroxylation is 1. The quantitative estimate of drug-likeness (QED) is 0.134. The van der Waals surface area contributed by atoms with Crippen molar-refractivity contribution in [1.82, 2.24) is 19.9 Å². The van der Waals surface area contributed by atoms with Crippen molar-refractivity contribution in [2.24, 2.45) is 29.4 Å². The summed E-state index contributed by atoms with van der Waals surface area (Å²) < 4.78 is 32.5. The third kappa shape index (κ3) is 9.20. The van der Waals surface area contributed by atoms with Gasteiger partial charge in [0.2, 0.25) is 0 Å². The number of hydrogen-bond donors (Lipinski definition) is 3. The molecule has 3 fully saturated rings. The van der Waals surface area contributed by atoms with Crippen LogP contribution in [-0.4, -0.2) is 116 Å². The average molecular weight is 799 g/mol. The minimum Gasteiger partial charge on any atom is -0.458 e. The third-order valence-electron chi connectivity index (χ3n) is 12.3. The summed E-state index contributed by atoms with van der Waals surface area (Å²) in [6, 6.07) is 5.94. The Morgan fingerprint density at radius 3 is 2.39 bits per heavy atom. The summed E-state index contributed by atoms with van der Waals surface area (Å²) in [7, 11) is 1.47. The molecule has 2 aromatic rings. The van der Waals surface area contributed by atoms with E-state index >= 15 is 0 Å². The SMILES string of the molecule is CC[C@H]1OC(=O)[C@H](C)C(=O)[C@H](C)[C@@H](O[C@@H]2O[C@H](C)CC(N)C2O)[C@](C)(OC)C[C@@H](C)C(=O)[C@H](C)[C@H]2N(CCCCn3cc(-c4cccc(N)c4)nn3)C(=O)O[C@]12C. The van der Waals surface area contributed by atoms with Gasteiger partial charge in [0.15, 0.2) is 17.7 Å². The summed E-state index contributed by atoms with van der Waals surface area (Å²) in [4.78, 5) is 58.1. The lowest BCUT2D eigenvalue weighted by Gasteiger charge is -2.46. The van der Waals surface area contributed by atoms with Crippen molar-refractivity contribution in [1.29, 1.82) is 0 Å². The summed E-state index contributed by atoms with van der Waals surface area (Å²) in [5, 5.41) is 19.5. The maximum absolute atomic E-state index is 14.6. The molecule has 0 bridgehead atoms. The zero-order valence-corrected chi connectivity index (χ0v) is 34.8. The molecule has 0 radical (unpaired) electrons. The number of nitrogens with two attached hydrogens (primary N) is 2. The number of Topliss-reactive ketones (excluding diaryl/α,β-unsaturated/α-hetero) is 2. The Labute approximate surface area is 335 Å². The number of cyclic esters (lactones) is 1. The number of aliphatic hydroxyl groups excluding tert-OH is 1. The van der Waals surface area contributed by atoms with E-state index in [2.05, 4.69) is 10.3 Å². The number of carbonyl (C=O) groups excluding carboxylic acids is 4. The van der Waals surface area contributed by atoms with Gasteiger partial charge in [-0.3, -0.25) is 19.1 Å². The Morgan fingerprint density at radius 1 is 1.02 bits per heavy atom. The number of aromatic nitrogens is 3. The number of methoxy groups -OCH3 is 1. The van der Waals surface area contributed by atoms with E-state index in [0.717, 1.165) is 5.56 Å². The molecule has 0 saturated carbocycles. The lowest BCUT2D eigenvalue weighted by atomic mass is 9.73. The van der Waals surface area contributed by atoms with E-state index in [1.807, 2.05) is 31.3 Å². The molecule has 57 heavy (non-hydrogen) atoms. The summed E-state index contributed by atoms with van der Waals surface area (Å²) >= 11 is 0. The number of rotatable bonds is 10. The predicted molar refractivity (Wildman–Crippen MR) is 209 cm³/mol. The second kappa shape index (κ2) is 17.9. The Kier molecular flexibility index (Phi) is 13.9. The Morgan fingerprint density at radius 2 is 1.72 bits per heavy atom. The Balaban J connectivity index is 1.42. The minimum atomic E-state index is -1.42. The van der Waals surface area contributed by atoms with Crippen LogP contribution < -0.4 is 11.5 Å². The summed E-state index contributed by atoms with van der Waals surface area (Å²) in [6.07, 6.45) is -1.64. The monoisotopic (exact) mass is 798 g/mol. The maximum atomic E-state index is 14.6. The standard InChI is InChI=1S/C41H62N6O10/c1-10-31-41(8)35(47(39(52)57-41)17-12-11-16-46-21-30(44-45-46)27-14-13-15-28(42)19-27)24(4)32(48)22(2)20-40(7,53-9)36(25(5)33(49)26(6)37(51)55-31)56-38-34(50)29(43)18-23(3)54-38/h13-15,19,21-26,29,31,34-36,38,50H,10-12,16-18,20,42-43H2,1-9H3/t22-,23-,24+,25+,26-,29?,31-,34?,35-,36-,38+,40-,41-/m1/s1. The number of fused-ring (bicyclic) bond motifs is 1. The highest BCUT2D eigenvalue weighted by molar-refractivity contribution is 6.00. The molecule has 316 valence electrons. The van der Waals surface area contributed by atoms with Crippen molar-refractivity contribution in [3.05, 3.63) is 30.5 Å². The van der Waals surface area contributed by atoms with Gasteiger partial charge in [-0.15, -0.1) is 5.10 Å². The van der Waals surface area contributed by atoms with E-state index in [-0.39, 0.29) is 31.3 Å². The zero-order chi connectivity index (χ0) is 42.0. The van der Waals surface area contributed by atoms with Crippen LogP contribution in [0.3, 0.4) is 0 Å². The van der Waals surface area contributed by atoms with Gasteiger partial charge in [-0.2, -0.15) is 0 Å². The molecular formula is C41H62N6O10. The van der Waals surface area contributed by atoms with Gasteiger partial charge in [0.1, 0.15) is 29.6 Å². The number of esters is 1. The molecule has 4 heterocycles. The number of hydrogen-bond acceptors (Lipinski definition) is 14. The highest BCUT2D eigenvalue weighted by Crippen LogP contribution is 2.43. The van der Waals surface area contributed by atoms with Crippen molar-refractivity contribution >= 4 is 29.3 Å². The van der Waals surface area contributed by atoms with Gasteiger partial charge < -0.3 is 45.2 Å². The van der Waals surface area contributed by atoms with Gasteiger partial charge in [0, 0.05) is 55.2 Å². The van der Waals surface area contributed by atoms with Crippen LogP contribution in [-0.2, 0) is 44.6 Å². The molecule has 13 atom stereocenters. The zero-order valence-electron chi connectivity index (χ0n) is 34.8. The molecule has 2 unspecified atom stereocenters. The van der Waals surface area contributed by atoms with Crippen LogP contribution >= 0.6 is 0 Å². The molecule has 5 rings (SSSR count). The van der Waals surface area contributed by atoms with Crippen LogP contribution in [0.2, 0.25) is 0 Å². The highest BCUT2D eigenvalue weighted by atomic mass is 16.7. The van der Waals surface area contributed by atoms with Crippen LogP contribution in [0.5, 0.6) is 0 Å². The molecule has 5 N–H and O–H groups in total. The highest BCUT2D eigenvalue weighted by Gasteiger charge is 2.60. The lowest BCUT2D eigenvalue weighted by Crippen LogP contribution is -2.60. The second-order valence-electron chi connectivity index (χ2n) is 16.7. The van der Waals surface area contributed by atoms with Gasteiger partial charge in [-0.25, -0.2) is 4.79 Å². The first kappa shape index (κ1) is 44.1. The fourth-order valence-corrected chi connectivity index (χ4v) is 9.05. The van der Waals surface area contributed by atoms with Crippen LogP contribution in [0.15, 0.2) is 30.5 Å². The summed E-state index contributed by atoms with van der Waals surface area (Å²) in [5.74, 6) is -5.13. The number of amides is 1. The minimum absolute atomic E-state index is 0.100. The van der Waals surface area contributed by atoms with Crippen molar-refractivity contribution in [2.45, 2.75) is 148 Å². The molecule has 16 heteroatoms. The summed E-state index contributed by atoms with van der Waals surface area (Å²) in [5.41, 5.74) is 11.6. The van der Waals surface area contributed by atoms with Crippen LogP contribution in [0, 0.1) is 23.7 Å². The molecule has 0 aliphatic carbocycles. The normalized spacial score (nSPS) is 37.0. The van der Waals surface area contributed by atoms with Crippen LogP contribution in [0.4, 0.5) is 10.5 Å². The number of anilines is 1. The van der Waals surface area contributed by atoms with E-state index in [9.17, 15) is 24.3 Å². The maximum Gasteiger partial charge on any atom is 0.410 e. The first-order valence-corrected chi connectivity index (χ1v) is 20.2. The largest absolute Gasteiger partial charge is 0.458 e. The molecule has 1 aromatic heterocycles. The number of ketones is 2. The number of aliphatic hydroxyl groups is 1. The first-order valence-electron chi connectivity index (χ1n) is 20.2.